The number of hydrogen-bond acceptors (Lipinski definition) is 3. The van der Waals surface area contributed by atoms with Gasteiger partial charge in [0.2, 0.25) is 0 Å². The quantitative estimate of drug-likeness (QED) is 0.161. The highest BCUT2D eigenvalue weighted by Gasteiger charge is 2.22. The Morgan fingerprint density at radius 1 is 0.340 bits per heavy atom. The lowest BCUT2D eigenvalue weighted by Gasteiger charge is -2.27. The predicted molar refractivity (Wildman–Crippen MR) is 233 cm³/mol. The van der Waals surface area contributed by atoms with Crippen LogP contribution in [0.4, 0.5) is 17.1 Å². The normalized spacial score (nSPS) is 11.8. The molecule has 0 spiro atoms. The molecule has 0 bridgehead atoms. The molecule has 2 aromatic heterocycles. The molecular weight excluding hydrogens is 679 g/mol. The molecular formula is C50H31NS2. The van der Waals surface area contributed by atoms with Crippen molar-refractivity contribution < 1.29 is 0 Å². The van der Waals surface area contributed by atoms with Gasteiger partial charge in [-0.2, -0.15) is 0 Å². The molecule has 0 saturated carbocycles. The highest BCUT2D eigenvalue weighted by molar-refractivity contribution is 7.26. The summed E-state index contributed by atoms with van der Waals surface area (Å²) in [5, 5.41) is 10.2. The molecule has 0 N–H and O–H groups in total. The van der Waals surface area contributed by atoms with Gasteiger partial charge in [-0.25, -0.2) is 0 Å². The molecule has 0 atom stereocenters. The molecule has 0 aliphatic rings. The van der Waals surface area contributed by atoms with Crippen LogP contribution in [0.3, 0.4) is 0 Å². The third-order valence-electron chi connectivity index (χ3n) is 10.6. The van der Waals surface area contributed by atoms with Crippen LogP contribution in [0.2, 0.25) is 0 Å². The number of hydrogen-bond donors (Lipinski definition) is 0. The van der Waals surface area contributed by atoms with Crippen LogP contribution in [-0.2, 0) is 0 Å². The molecule has 0 amide bonds. The maximum Gasteiger partial charge on any atom is 0.0555 e. The molecule has 53 heavy (non-hydrogen) atoms. The van der Waals surface area contributed by atoms with E-state index in [1.54, 1.807) is 0 Å². The van der Waals surface area contributed by atoms with Gasteiger partial charge in [0, 0.05) is 51.7 Å². The van der Waals surface area contributed by atoms with E-state index in [4.69, 9.17) is 0 Å². The number of rotatable bonds is 5. The van der Waals surface area contributed by atoms with Crippen LogP contribution in [0.5, 0.6) is 0 Å². The zero-order valence-electron chi connectivity index (χ0n) is 28.7. The molecule has 11 rings (SSSR count). The summed E-state index contributed by atoms with van der Waals surface area (Å²) in [5.41, 5.74) is 8.43. The van der Waals surface area contributed by atoms with E-state index in [0.717, 1.165) is 11.4 Å². The Balaban J connectivity index is 1.23. The second-order valence-electron chi connectivity index (χ2n) is 13.7. The molecule has 9 aromatic carbocycles. The van der Waals surface area contributed by atoms with E-state index in [1.807, 2.05) is 22.7 Å². The van der Waals surface area contributed by atoms with Gasteiger partial charge < -0.3 is 4.90 Å². The summed E-state index contributed by atoms with van der Waals surface area (Å²) in [6, 6.07) is 69.3. The van der Waals surface area contributed by atoms with Crippen molar-refractivity contribution in [1.29, 1.82) is 0 Å². The minimum absolute atomic E-state index is 1.14. The summed E-state index contributed by atoms with van der Waals surface area (Å²) in [6.45, 7) is 0. The van der Waals surface area contributed by atoms with Gasteiger partial charge >= 0.3 is 0 Å². The van der Waals surface area contributed by atoms with Gasteiger partial charge in [-0.1, -0.05) is 140 Å². The molecule has 1 nitrogen and oxygen atoms in total. The molecule has 11 aromatic rings. The van der Waals surface area contributed by atoms with Gasteiger partial charge in [0.1, 0.15) is 0 Å². The zero-order chi connectivity index (χ0) is 34.9. The van der Waals surface area contributed by atoms with Crippen LogP contribution >= 0.6 is 22.7 Å². The molecule has 0 saturated heterocycles. The lowest BCUT2D eigenvalue weighted by atomic mass is 9.98. The minimum Gasteiger partial charge on any atom is -0.310 e. The van der Waals surface area contributed by atoms with E-state index in [2.05, 4.69) is 193 Å². The third-order valence-corrected chi connectivity index (χ3v) is 13.0. The van der Waals surface area contributed by atoms with Gasteiger partial charge in [-0.05, 0) is 92.3 Å². The summed E-state index contributed by atoms with van der Waals surface area (Å²) in [6.07, 6.45) is 0. The van der Waals surface area contributed by atoms with Crippen molar-refractivity contribution in [2.75, 3.05) is 4.90 Å². The average Bonchev–Trinajstić information content (AvgIpc) is 3.80. The monoisotopic (exact) mass is 709 g/mol. The Kier molecular flexibility index (Phi) is 6.97. The molecule has 0 unspecified atom stereocenters. The lowest BCUT2D eigenvalue weighted by molar-refractivity contribution is 1.31. The fourth-order valence-electron chi connectivity index (χ4n) is 8.11. The Labute approximate surface area is 315 Å². The maximum absolute atomic E-state index is 2.50. The van der Waals surface area contributed by atoms with Crippen molar-refractivity contribution in [3.8, 4) is 22.3 Å². The molecule has 0 aliphatic heterocycles. The van der Waals surface area contributed by atoms with Gasteiger partial charge in [-0.3, -0.25) is 0 Å². The summed E-state index contributed by atoms with van der Waals surface area (Å²) in [7, 11) is 0. The fourth-order valence-corrected chi connectivity index (χ4v) is 10.5. The number of nitrogens with zero attached hydrogens (tertiary/aromatic N) is 1. The van der Waals surface area contributed by atoms with Crippen LogP contribution in [0.25, 0.3) is 84.1 Å². The Morgan fingerprint density at radius 3 is 1.81 bits per heavy atom. The Hall–Kier alpha value is -6.26. The predicted octanol–water partition coefficient (Wildman–Crippen LogP) is 15.5. The smallest absolute Gasteiger partial charge is 0.0555 e. The van der Waals surface area contributed by atoms with E-state index in [0.29, 0.717) is 0 Å². The molecule has 2 heterocycles. The number of thiophene rings is 2. The third kappa shape index (κ3) is 4.97. The van der Waals surface area contributed by atoms with E-state index in [9.17, 15) is 0 Å². The summed E-state index contributed by atoms with van der Waals surface area (Å²) >= 11 is 3.76. The first-order valence-corrected chi connectivity index (χ1v) is 19.6. The van der Waals surface area contributed by atoms with Crippen LogP contribution in [0, 0.1) is 0 Å². The molecule has 3 heteroatoms. The summed E-state index contributed by atoms with van der Waals surface area (Å²) in [5.74, 6) is 0. The average molecular weight is 710 g/mol. The SMILES string of the molecule is c1ccc(-c2ccc3c(c2)sc2c(-c4ccccc4)ccc(N(c4ccc5ccc6ccccc6c5c4)c4ccc5sc6ccccc6c5c4)c23)cc1. The first-order chi connectivity index (χ1) is 26.3. The molecule has 0 fully saturated rings. The van der Waals surface area contributed by atoms with Gasteiger partial charge in [-0.15, -0.1) is 22.7 Å². The highest BCUT2D eigenvalue weighted by atomic mass is 32.1. The Bertz CT molecular complexity index is 3170. The lowest BCUT2D eigenvalue weighted by Crippen LogP contribution is -2.10. The van der Waals surface area contributed by atoms with Crippen LogP contribution < -0.4 is 4.90 Å². The second-order valence-corrected chi connectivity index (χ2v) is 15.8. The van der Waals surface area contributed by atoms with E-state index >= 15 is 0 Å². The Morgan fingerprint density at radius 2 is 0.981 bits per heavy atom. The van der Waals surface area contributed by atoms with Gasteiger partial charge in [0.15, 0.2) is 0 Å². The van der Waals surface area contributed by atoms with Crippen LogP contribution in [-0.4, -0.2) is 0 Å². The summed E-state index contributed by atoms with van der Waals surface area (Å²) < 4.78 is 5.20. The molecule has 0 aliphatic carbocycles. The van der Waals surface area contributed by atoms with Gasteiger partial charge in [0.05, 0.1) is 5.69 Å². The first kappa shape index (κ1) is 30.4. The number of benzene rings is 9. The second kappa shape index (κ2) is 12.2. The highest BCUT2D eigenvalue weighted by Crippen LogP contribution is 2.50. The van der Waals surface area contributed by atoms with Crippen LogP contribution in [0.15, 0.2) is 188 Å². The standard InChI is InChI=1S/C50H31NS2/c1-3-11-32(12-4-1)36-22-25-42-48(29-36)53-50-40(33-13-5-2-6-14-33)26-27-45(49(42)50)51(38-24-28-47-44(31-38)41-17-9-10-18-46(41)52-47)37-23-21-35-20-19-34-15-7-8-16-39(34)43(35)30-37/h1-31H. The molecule has 0 radical (unpaired) electrons. The zero-order valence-corrected chi connectivity index (χ0v) is 30.3. The summed E-state index contributed by atoms with van der Waals surface area (Å²) in [4.78, 5) is 2.50. The fraction of sp³-hybridized carbons (Fsp3) is 0. The first-order valence-electron chi connectivity index (χ1n) is 18.0. The number of fused-ring (bicyclic) bond motifs is 9. The van der Waals surface area contributed by atoms with Crippen molar-refractivity contribution >= 4 is 102 Å². The van der Waals surface area contributed by atoms with E-state index in [-0.39, 0.29) is 0 Å². The van der Waals surface area contributed by atoms with E-state index in [1.165, 1.54) is 89.8 Å². The topological polar surface area (TPSA) is 3.24 Å². The van der Waals surface area contributed by atoms with Gasteiger partial charge in [0.25, 0.3) is 0 Å². The van der Waals surface area contributed by atoms with Crippen molar-refractivity contribution in [2.45, 2.75) is 0 Å². The number of anilines is 3. The van der Waals surface area contributed by atoms with Crippen LogP contribution in [0.1, 0.15) is 0 Å². The van der Waals surface area contributed by atoms with E-state index < -0.39 is 0 Å². The minimum atomic E-state index is 1.14. The van der Waals surface area contributed by atoms with Crippen molar-refractivity contribution in [2.24, 2.45) is 0 Å². The molecule has 248 valence electrons. The maximum atomic E-state index is 2.50. The largest absolute Gasteiger partial charge is 0.310 e. The van der Waals surface area contributed by atoms with Crippen molar-refractivity contribution in [1.82, 2.24) is 0 Å². The van der Waals surface area contributed by atoms with Crippen molar-refractivity contribution in [3.05, 3.63) is 188 Å². The van der Waals surface area contributed by atoms with Crippen molar-refractivity contribution in [3.63, 3.8) is 0 Å².